The van der Waals surface area contributed by atoms with Crippen LogP contribution in [-0.4, -0.2) is 63.6 Å². The van der Waals surface area contributed by atoms with Gasteiger partial charge < -0.3 is 30.5 Å². The highest BCUT2D eigenvalue weighted by molar-refractivity contribution is 5.76. The molecule has 5 atom stereocenters. The van der Waals surface area contributed by atoms with Gasteiger partial charge in [0.05, 0.1) is 6.61 Å². The van der Waals surface area contributed by atoms with E-state index in [2.05, 4.69) is 35.9 Å². The van der Waals surface area contributed by atoms with Gasteiger partial charge >= 0.3 is 0 Å². The number of carbonyl (C=O) groups excluding carboxylic acids is 1. The van der Waals surface area contributed by atoms with Crippen molar-refractivity contribution in [3.05, 3.63) is 0 Å². The largest absolute Gasteiger partial charge is 0.394 e. The zero-order valence-corrected chi connectivity index (χ0v) is 25.0. The molecule has 1 amide bonds. The first-order chi connectivity index (χ1) is 19.5. The summed E-state index contributed by atoms with van der Waals surface area (Å²) < 4.78 is 5.30. The minimum absolute atomic E-state index is 0.290. The maximum absolute atomic E-state index is 12.1. The van der Waals surface area contributed by atoms with E-state index >= 15 is 0 Å². The minimum atomic E-state index is -1.49. The molecule has 230 valence electrons. The Morgan fingerprint density at radius 3 is 1.57 bits per heavy atom. The number of unbranched alkanes of at least 4 members (excludes halogenated alkanes) is 18. The van der Waals surface area contributed by atoms with E-state index < -0.39 is 37.3 Å². The molecule has 7 nitrogen and oxygen atoms in total. The molecule has 1 saturated heterocycles. The first-order valence-electron chi connectivity index (χ1n) is 16.1. The number of amides is 1. The zero-order valence-electron chi connectivity index (χ0n) is 25.0. The predicted octanol–water partition coefficient (Wildman–Crippen LogP) is 5.12. The van der Waals surface area contributed by atoms with Crippen molar-refractivity contribution in [3.8, 4) is 23.7 Å². The van der Waals surface area contributed by atoms with E-state index in [1.807, 2.05) is 0 Å². The van der Waals surface area contributed by atoms with Crippen molar-refractivity contribution in [3.63, 3.8) is 0 Å². The summed E-state index contributed by atoms with van der Waals surface area (Å²) in [7, 11) is 0. The number of nitrogens with one attached hydrogen (secondary N) is 1. The van der Waals surface area contributed by atoms with E-state index in [-0.39, 0.29) is 5.91 Å². The Labute approximate surface area is 243 Å². The molecule has 0 aromatic heterocycles. The average Bonchev–Trinajstić information content (AvgIpc) is 2.95. The number of aliphatic hydroxyl groups excluding tert-OH is 4. The van der Waals surface area contributed by atoms with Gasteiger partial charge in [-0.05, 0) is 31.1 Å². The standard InChI is InChI=1S/C33H57NO6/c1-2-3-4-5-6-7-8-9-10-11-12-13-14-15-16-17-18-19-20-21-22-23-24-25-26-29(36)34-33-32(39)31(38)30(37)28(27-35)40-33/h28,30-33,35,37-39H,2-14,19-27H2,1H3,(H,34,36)/t28-,30-,31+,32-,33-/m1/s1. The van der Waals surface area contributed by atoms with Gasteiger partial charge in [-0.15, -0.1) is 0 Å². The Morgan fingerprint density at radius 2 is 1.10 bits per heavy atom. The van der Waals surface area contributed by atoms with Crippen molar-refractivity contribution in [2.24, 2.45) is 0 Å². The molecule has 0 bridgehead atoms. The highest BCUT2D eigenvalue weighted by Crippen LogP contribution is 2.20. The van der Waals surface area contributed by atoms with Gasteiger partial charge in [0.1, 0.15) is 24.4 Å². The molecule has 0 spiro atoms. The lowest BCUT2D eigenvalue weighted by Gasteiger charge is -2.40. The highest BCUT2D eigenvalue weighted by Gasteiger charge is 2.43. The maximum atomic E-state index is 12.1. The summed E-state index contributed by atoms with van der Waals surface area (Å²) in [5.41, 5.74) is 0. The minimum Gasteiger partial charge on any atom is -0.394 e. The molecule has 0 aliphatic carbocycles. The van der Waals surface area contributed by atoms with Crippen LogP contribution in [0.1, 0.15) is 142 Å². The first-order valence-corrected chi connectivity index (χ1v) is 16.1. The average molecular weight is 564 g/mol. The third-order valence-electron chi connectivity index (χ3n) is 7.55. The van der Waals surface area contributed by atoms with Crippen LogP contribution in [-0.2, 0) is 9.53 Å². The molecule has 1 fully saturated rings. The van der Waals surface area contributed by atoms with Crippen LogP contribution in [0.3, 0.4) is 0 Å². The summed E-state index contributed by atoms with van der Waals surface area (Å²) in [6.45, 7) is 1.75. The summed E-state index contributed by atoms with van der Waals surface area (Å²) in [6, 6.07) is 0. The van der Waals surface area contributed by atoms with Crippen LogP contribution >= 0.6 is 0 Å². The smallest absolute Gasteiger partial charge is 0.222 e. The summed E-state index contributed by atoms with van der Waals surface area (Å²) in [6.07, 6.45) is 17.9. The summed E-state index contributed by atoms with van der Waals surface area (Å²) in [5, 5.41) is 41.3. The van der Waals surface area contributed by atoms with Crippen molar-refractivity contribution < 1.29 is 30.0 Å². The summed E-state index contributed by atoms with van der Waals surface area (Å²) in [5.74, 6) is 12.0. The van der Waals surface area contributed by atoms with Crippen LogP contribution in [0.15, 0.2) is 0 Å². The van der Waals surface area contributed by atoms with E-state index in [9.17, 15) is 25.2 Å². The molecule has 0 saturated carbocycles. The predicted molar refractivity (Wildman–Crippen MR) is 160 cm³/mol. The third kappa shape index (κ3) is 17.9. The molecular weight excluding hydrogens is 506 g/mol. The zero-order chi connectivity index (χ0) is 29.3. The van der Waals surface area contributed by atoms with Crippen LogP contribution in [0.2, 0.25) is 0 Å². The Hall–Kier alpha value is -1.61. The lowest BCUT2D eigenvalue weighted by molar-refractivity contribution is -0.236. The fraction of sp³-hybridized carbons (Fsp3) is 0.848. The molecule has 0 unspecified atom stereocenters. The topological polar surface area (TPSA) is 119 Å². The molecule has 0 radical (unpaired) electrons. The molecule has 0 aromatic rings. The van der Waals surface area contributed by atoms with Gasteiger partial charge in [0.25, 0.3) is 0 Å². The lowest BCUT2D eigenvalue weighted by Crippen LogP contribution is -2.63. The Morgan fingerprint density at radius 1 is 0.650 bits per heavy atom. The van der Waals surface area contributed by atoms with Crippen molar-refractivity contribution >= 4 is 5.91 Å². The van der Waals surface area contributed by atoms with Crippen LogP contribution in [0.4, 0.5) is 0 Å². The second kappa shape index (κ2) is 25.1. The summed E-state index contributed by atoms with van der Waals surface area (Å²) in [4.78, 5) is 12.1. The van der Waals surface area contributed by atoms with Gasteiger partial charge in [-0.2, -0.15) is 0 Å². The van der Waals surface area contributed by atoms with E-state index in [0.717, 1.165) is 51.4 Å². The van der Waals surface area contributed by atoms with E-state index in [1.165, 1.54) is 77.0 Å². The molecule has 1 heterocycles. The Balaban J connectivity index is 1.90. The van der Waals surface area contributed by atoms with Crippen LogP contribution in [0.25, 0.3) is 0 Å². The highest BCUT2D eigenvalue weighted by atomic mass is 16.6. The van der Waals surface area contributed by atoms with Gasteiger partial charge in [0.2, 0.25) is 5.91 Å². The van der Waals surface area contributed by atoms with Crippen LogP contribution in [0, 0.1) is 23.7 Å². The van der Waals surface area contributed by atoms with Crippen molar-refractivity contribution in [2.75, 3.05) is 6.61 Å². The quantitative estimate of drug-likeness (QED) is 0.0921. The number of aliphatic hydroxyl groups is 4. The van der Waals surface area contributed by atoms with E-state index in [4.69, 9.17) is 4.74 Å². The Bertz CT molecular complexity index is 750. The lowest BCUT2D eigenvalue weighted by atomic mass is 9.98. The number of ether oxygens (including phenoxy) is 1. The molecule has 1 rings (SSSR count). The fourth-order valence-corrected chi connectivity index (χ4v) is 4.93. The third-order valence-corrected chi connectivity index (χ3v) is 7.55. The van der Waals surface area contributed by atoms with Gasteiger partial charge in [0, 0.05) is 19.3 Å². The van der Waals surface area contributed by atoms with Gasteiger partial charge in [-0.1, -0.05) is 115 Å². The van der Waals surface area contributed by atoms with Gasteiger partial charge in [-0.3, -0.25) is 4.79 Å². The molecule has 1 aliphatic heterocycles. The molecular formula is C33H57NO6. The molecule has 1 aliphatic rings. The molecule has 7 heteroatoms. The van der Waals surface area contributed by atoms with Gasteiger partial charge in [-0.25, -0.2) is 0 Å². The van der Waals surface area contributed by atoms with Gasteiger partial charge in [0.15, 0.2) is 6.23 Å². The molecule has 5 N–H and O–H groups in total. The first kappa shape index (κ1) is 36.4. The number of rotatable bonds is 22. The van der Waals surface area contributed by atoms with E-state index in [1.54, 1.807) is 0 Å². The second-order valence-corrected chi connectivity index (χ2v) is 11.2. The van der Waals surface area contributed by atoms with Crippen molar-refractivity contribution in [1.29, 1.82) is 0 Å². The molecule has 0 aromatic carbocycles. The fourth-order valence-electron chi connectivity index (χ4n) is 4.93. The molecule has 40 heavy (non-hydrogen) atoms. The second-order valence-electron chi connectivity index (χ2n) is 11.2. The normalized spacial score (nSPS) is 22.2. The van der Waals surface area contributed by atoms with Crippen LogP contribution in [0.5, 0.6) is 0 Å². The van der Waals surface area contributed by atoms with Crippen molar-refractivity contribution in [2.45, 2.75) is 172 Å². The Kier molecular flexibility index (Phi) is 22.9. The van der Waals surface area contributed by atoms with Crippen LogP contribution < -0.4 is 5.32 Å². The van der Waals surface area contributed by atoms with E-state index in [0.29, 0.717) is 6.42 Å². The number of hydrogen-bond acceptors (Lipinski definition) is 6. The maximum Gasteiger partial charge on any atom is 0.222 e. The number of hydrogen-bond donors (Lipinski definition) is 5. The monoisotopic (exact) mass is 563 g/mol. The SMILES string of the molecule is CCCCCCCCCCCCCCC#CC#CCCCCCCCCC(=O)N[C@@H]1O[C@H](CO)[C@@H](O)[C@H](O)[C@H]1O. The summed E-state index contributed by atoms with van der Waals surface area (Å²) >= 11 is 0. The van der Waals surface area contributed by atoms with Crippen molar-refractivity contribution in [1.82, 2.24) is 5.32 Å². The number of carbonyl (C=O) groups is 1.